The van der Waals surface area contributed by atoms with Crippen LogP contribution in [0.2, 0.25) is 0 Å². The third-order valence-electron chi connectivity index (χ3n) is 3.85. The first-order valence-electron chi connectivity index (χ1n) is 6.94. The molecule has 0 aliphatic carbocycles. The zero-order valence-electron chi connectivity index (χ0n) is 11.2. The number of aromatic nitrogens is 2. The number of aryl methyl sites for hydroxylation is 1. The van der Waals surface area contributed by atoms with Crippen LogP contribution in [0, 0.1) is 6.92 Å². The van der Waals surface area contributed by atoms with Crippen molar-refractivity contribution in [3.63, 3.8) is 0 Å². The Balaban J connectivity index is 1.65. The predicted octanol–water partition coefficient (Wildman–Crippen LogP) is 1.26. The molecule has 0 aromatic carbocycles. The number of carbonyl (C=O) groups excluding carboxylic acids is 1. The maximum Gasteiger partial charge on any atom is 0.251 e. The summed E-state index contributed by atoms with van der Waals surface area (Å²) in [6, 6.07) is 0. The van der Waals surface area contributed by atoms with Crippen LogP contribution in [-0.2, 0) is 9.53 Å². The number of hydrogen-bond acceptors (Lipinski definition) is 5. The molecule has 2 fully saturated rings. The monoisotopic (exact) mass is 265 g/mol. The lowest BCUT2D eigenvalue weighted by Crippen LogP contribution is -2.44. The molecule has 6 heteroatoms. The Morgan fingerprint density at radius 2 is 2.26 bits per heavy atom. The summed E-state index contributed by atoms with van der Waals surface area (Å²) in [5.41, 5.74) is 0. The minimum Gasteiger partial charge on any atom is -0.368 e. The van der Waals surface area contributed by atoms with Gasteiger partial charge in [-0.25, -0.2) is 0 Å². The number of nitrogens with zero attached hydrogens (tertiary/aromatic N) is 3. The van der Waals surface area contributed by atoms with E-state index in [1.165, 1.54) is 0 Å². The molecule has 3 heterocycles. The molecule has 2 saturated heterocycles. The molecule has 104 valence electrons. The summed E-state index contributed by atoms with van der Waals surface area (Å²) < 4.78 is 10.5. The first-order chi connectivity index (χ1) is 9.24. The van der Waals surface area contributed by atoms with Crippen molar-refractivity contribution in [3.8, 4) is 0 Å². The minimum atomic E-state index is -0.231. The maximum atomic E-state index is 12.3. The van der Waals surface area contributed by atoms with Crippen molar-refractivity contribution in [2.24, 2.45) is 0 Å². The van der Waals surface area contributed by atoms with E-state index in [4.69, 9.17) is 9.26 Å². The molecule has 0 bridgehead atoms. The van der Waals surface area contributed by atoms with Crippen LogP contribution in [0.25, 0.3) is 0 Å². The van der Waals surface area contributed by atoms with E-state index in [1.54, 1.807) is 6.92 Å². The number of rotatable bonds is 2. The molecule has 1 amide bonds. The number of ether oxygens (including phenoxy) is 1. The fourth-order valence-corrected chi connectivity index (χ4v) is 2.84. The Morgan fingerprint density at radius 1 is 1.37 bits per heavy atom. The quantitative estimate of drug-likeness (QED) is 0.805. The fraction of sp³-hybridized carbons (Fsp3) is 0.769. The largest absolute Gasteiger partial charge is 0.368 e. The van der Waals surface area contributed by atoms with Crippen molar-refractivity contribution < 1.29 is 14.1 Å². The van der Waals surface area contributed by atoms with Gasteiger partial charge in [0.25, 0.3) is 5.91 Å². The molecule has 0 N–H and O–H groups in total. The summed E-state index contributed by atoms with van der Waals surface area (Å²) in [6.45, 7) is 3.98. The van der Waals surface area contributed by atoms with Crippen molar-refractivity contribution in [2.45, 2.75) is 44.6 Å². The third-order valence-corrected chi connectivity index (χ3v) is 3.85. The van der Waals surface area contributed by atoms with E-state index in [0.29, 0.717) is 19.0 Å². The first-order valence-corrected chi connectivity index (χ1v) is 6.94. The van der Waals surface area contributed by atoms with Crippen molar-refractivity contribution in [2.75, 3.05) is 19.7 Å². The van der Waals surface area contributed by atoms with Crippen LogP contribution >= 0.6 is 0 Å². The summed E-state index contributed by atoms with van der Waals surface area (Å²) in [5.74, 6) is 1.62. The molecule has 6 nitrogen and oxygen atoms in total. The van der Waals surface area contributed by atoms with Crippen molar-refractivity contribution in [1.82, 2.24) is 15.0 Å². The minimum absolute atomic E-state index is 0.127. The SMILES string of the molecule is Cc1nc([C@H]2CCCN(C(=O)[C@@H]3CCCO3)C2)no1. The molecule has 0 radical (unpaired) electrons. The molecule has 0 unspecified atom stereocenters. The second-order valence-corrected chi connectivity index (χ2v) is 5.30. The van der Waals surface area contributed by atoms with E-state index in [1.807, 2.05) is 4.90 Å². The summed E-state index contributed by atoms with van der Waals surface area (Å²) in [5, 5.41) is 3.98. The van der Waals surface area contributed by atoms with Gasteiger partial charge < -0.3 is 14.2 Å². The van der Waals surface area contributed by atoms with E-state index in [-0.39, 0.29) is 17.9 Å². The Morgan fingerprint density at radius 3 is 2.95 bits per heavy atom. The van der Waals surface area contributed by atoms with E-state index in [9.17, 15) is 4.79 Å². The number of piperidine rings is 1. The van der Waals surface area contributed by atoms with Crippen LogP contribution < -0.4 is 0 Å². The van der Waals surface area contributed by atoms with Gasteiger partial charge in [0.1, 0.15) is 6.10 Å². The second kappa shape index (κ2) is 5.28. The third kappa shape index (κ3) is 2.63. The smallest absolute Gasteiger partial charge is 0.251 e. The van der Waals surface area contributed by atoms with E-state index in [2.05, 4.69) is 10.1 Å². The second-order valence-electron chi connectivity index (χ2n) is 5.30. The van der Waals surface area contributed by atoms with Gasteiger partial charge in [0.05, 0.1) is 0 Å². The Hall–Kier alpha value is -1.43. The van der Waals surface area contributed by atoms with Gasteiger partial charge in [0.2, 0.25) is 5.89 Å². The van der Waals surface area contributed by atoms with Crippen molar-refractivity contribution in [1.29, 1.82) is 0 Å². The summed E-state index contributed by atoms with van der Waals surface area (Å²) >= 11 is 0. The summed E-state index contributed by atoms with van der Waals surface area (Å²) in [6.07, 6.45) is 3.59. The number of likely N-dealkylation sites (tertiary alicyclic amines) is 1. The Labute approximate surface area is 112 Å². The molecule has 2 atom stereocenters. The highest BCUT2D eigenvalue weighted by molar-refractivity contribution is 5.81. The topological polar surface area (TPSA) is 68.5 Å². The average molecular weight is 265 g/mol. The normalized spacial score (nSPS) is 27.7. The predicted molar refractivity (Wildman–Crippen MR) is 66.6 cm³/mol. The van der Waals surface area contributed by atoms with Crippen LogP contribution in [0.1, 0.15) is 43.3 Å². The lowest BCUT2D eigenvalue weighted by atomic mass is 9.97. The van der Waals surface area contributed by atoms with Gasteiger partial charge in [-0.3, -0.25) is 4.79 Å². The molecule has 3 rings (SSSR count). The Kier molecular flexibility index (Phi) is 3.50. The van der Waals surface area contributed by atoms with Gasteiger partial charge in [-0.05, 0) is 25.7 Å². The number of carbonyl (C=O) groups is 1. The Bertz CT molecular complexity index is 454. The van der Waals surface area contributed by atoms with Crippen LogP contribution in [0.4, 0.5) is 0 Å². The molecular formula is C13H19N3O3. The number of amides is 1. The van der Waals surface area contributed by atoms with E-state index < -0.39 is 0 Å². The molecule has 0 saturated carbocycles. The van der Waals surface area contributed by atoms with Crippen LogP contribution in [-0.4, -0.2) is 46.7 Å². The lowest BCUT2D eigenvalue weighted by molar-refractivity contribution is -0.142. The van der Waals surface area contributed by atoms with E-state index in [0.717, 1.165) is 38.1 Å². The maximum absolute atomic E-state index is 12.3. The zero-order chi connectivity index (χ0) is 13.2. The van der Waals surface area contributed by atoms with Gasteiger partial charge in [0, 0.05) is 32.5 Å². The first kappa shape index (κ1) is 12.6. The molecule has 1 aromatic heterocycles. The highest BCUT2D eigenvalue weighted by Gasteiger charge is 2.33. The standard InChI is InChI=1S/C13H19N3O3/c1-9-14-12(15-19-9)10-4-2-6-16(8-10)13(17)11-5-3-7-18-11/h10-11H,2-8H2,1H3/t10-,11-/m0/s1. The molecule has 19 heavy (non-hydrogen) atoms. The highest BCUT2D eigenvalue weighted by Crippen LogP contribution is 2.26. The molecule has 1 aromatic rings. The van der Waals surface area contributed by atoms with Crippen LogP contribution in [0.3, 0.4) is 0 Å². The van der Waals surface area contributed by atoms with Gasteiger partial charge in [-0.15, -0.1) is 0 Å². The van der Waals surface area contributed by atoms with Crippen LogP contribution in [0.15, 0.2) is 4.52 Å². The molecule has 0 spiro atoms. The zero-order valence-corrected chi connectivity index (χ0v) is 11.2. The van der Waals surface area contributed by atoms with Gasteiger partial charge in [-0.2, -0.15) is 4.98 Å². The molecule has 2 aliphatic heterocycles. The average Bonchev–Trinajstić information content (AvgIpc) is 3.09. The summed E-state index contributed by atoms with van der Waals surface area (Å²) in [4.78, 5) is 18.5. The van der Waals surface area contributed by atoms with Crippen LogP contribution in [0.5, 0.6) is 0 Å². The number of hydrogen-bond donors (Lipinski definition) is 0. The summed E-state index contributed by atoms with van der Waals surface area (Å²) in [7, 11) is 0. The van der Waals surface area contributed by atoms with Gasteiger partial charge in [-0.1, -0.05) is 5.16 Å². The fourth-order valence-electron chi connectivity index (χ4n) is 2.84. The van der Waals surface area contributed by atoms with E-state index >= 15 is 0 Å². The van der Waals surface area contributed by atoms with Crippen molar-refractivity contribution >= 4 is 5.91 Å². The van der Waals surface area contributed by atoms with Gasteiger partial charge >= 0.3 is 0 Å². The highest BCUT2D eigenvalue weighted by atomic mass is 16.5. The van der Waals surface area contributed by atoms with Crippen molar-refractivity contribution in [3.05, 3.63) is 11.7 Å². The van der Waals surface area contributed by atoms with Gasteiger partial charge in [0.15, 0.2) is 5.82 Å². The lowest BCUT2D eigenvalue weighted by Gasteiger charge is -2.32. The molecule has 2 aliphatic rings. The molecular weight excluding hydrogens is 246 g/mol.